The maximum atomic E-state index is 13.1. The van der Waals surface area contributed by atoms with Crippen LogP contribution in [0.1, 0.15) is 10.4 Å². The number of aromatic nitrogens is 2. The van der Waals surface area contributed by atoms with E-state index in [2.05, 4.69) is 14.9 Å². The van der Waals surface area contributed by atoms with Crippen LogP contribution in [0.2, 0.25) is 0 Å². The summed E-state index contributed by atoms with van der Waals surface area (Å²) in [4.78, 5) is 25.5. The van der Waals surface area contributed by atoms with Crippen molar-refractivity contribution in [2.24, 2.45) is 0 Å². The Labute approximate surface area is 158 Å². The van der Waals surface area contributed by atoms with Crippen molar-refractivity contribution in [3.63, 3.8) is 0 Å². The Bertz CT molecular complexity index is 894. The molecule has 2 aromatic carbocycles. The van der Waals surface area contributed by atoms with Crippen molar-refractivity contribution in [3.05, 3.63) is 78.8 Å². The van der Waals surface area contributed by atoms with Gasteiger partial charge in [-0.1, -0.05) is 30.3 Å². The first-order valence-electron chi connectivity index (χ1n) is 8.93. The SMILES string of the molecule is O=C(c1ccccc1Oc1ccccc1)N1CCN(c2cnccn2)CC1. The van der Waals surface area contributed by atoms with Gasteiger partial charge in [-0.05, 0) is 24.3 Å². The van der Waals surface area contributed by atoms with Gasteiger partial charge in [0.05, 0.1) is 11.8 Å². The molecule has 1 aliphatic rings. The van der Waals surface area contributed by atoms with Gasteiger partial charge in [-0.2, -0.15) is 0 Å². The zero-order valence-corrected chi connectivity index (χ0v) is 14.9. The number of nitrogens with zero attached hydrogens (tertiary/aromatic N) is 4. The number of hydrogen-bond donors (Lipinski definition) is 0. The number of para-hydroxylation sites is 2. The van der Waals surface area contributed by atoms with Crippen LogP contribution >= 0.6 is 0 Å². The molecule has 0 bridgehead atoms. The molecule has 6 heteroatoms. The van der Waals surface area contributed by atoms with Crippen molar-refractivity contribution in [1.82, 2.24) is 14.9 Å². The first-order valence-corrected chi connectivity index (χ1v) is 8.93. The summed E-state index contributed by atoms with van der Waals surface area (Å²) < 4.78 is 5.94. The highest BCUT2D eigenvalue weighted by molar-refractivity contribution is 5.97. The first-order chi connectivity index (χ1) is 13.3. The Morgan fingerprint density at radius 1 is 0.889 bits per heavy atom. The molecule has 0 aliphatic carbocycles. The largest absolute Gasteiger partial charge is 0.457 e. The molecule has 1 fully saturated rings. The Morgan fingerprint density at radius 3 is 2.37 bits per heavy atom. The van der Waals surface area contributed by atoms with Crippen LogP contribution in [-0.2, 0) is 0 Å². The molecule has 136 valence electrons. The summed E-state index contributed by atoms with van der Waals surface area (Å²) >= 11 is 0. The minimum absolute atomic E-state index is 0.0136. The van der Waals surface area contributed by atoms with E-state index in [4.69, 9.17) is 4.74 Å². The Hall–Kier alpha value is -3.41. The number of hydrogen-bond acceptors (Lipinski definition) is 5. The molecule has 1 aromatic heterocycles. The maximum absolute atomic E-state index is 13.1. The second-order valence-corrected chi connectivity index (χ2v) is 6.25. The average Bonchev–Trinajstić information content (AvgIpc) is 2.75. The molecule has 0 radical (unpaired) electrons. The molecule has 3 aromatic rings. The van der Waals surface area contributed by atoms with Gasteiger partial charge in [0.1, 0.15) is 17.3 Å². The van der Waals surface area contributed by atoms with E-state index in [1.807, 2.05) is 59.5 Å². The maximum Gasteiger partial charge on any atom is 0.257 e. The van der Waals surface area contributed by atoms with Gasteiger partial charge in [-0.3, -0.25) is 9.78 Å². The van der Waals surface area contributed by atoms with E-state index >= 15 is 0 Å². The third-order valence-corrected chi connectivity index (χ3v) is 4.53. The number of ether oxygens (including phenoxy) is 1. The fraction of sp³-hybridized carbons (Fsp3) is 0.190. The first kappa shape index (κ1) is 17.0. The summed E-state index contributed by atoms with van der Waals surface area (Å²) in [6.07, 6.45) is 5.09. The van der Waals surface area contributed by atoms with Crippen LogP contribution in [0.25, 0.3) is 0 Å². The summed E-state index contributed by atoms with van der Waals surface area (Å²) in [5.41, 5.74) is 0.578. The highest BCUT2D eigenvalue weighted by Gasteiger charge is 2.25. The van der Waals surface area contributed by atoms with Gasteiger partial charge in [0.2, 0.25) is 0 Å². The molecule has 1 aliphatic heterocycles. The Balaban J connectivity index is 1.46. The highest BCUT2D eigenvalue weighted by atomic mass is 16.5. The van der Waals surface area contributed by atoms with Gasteiger partial charge in [0, 0.05) is 38.6 Å². The van der Waals surface area contributed by atoms with Gasteiger partial charge in [0.15, 0.2) is 0 Å². The van der Waals surface area contributed by atoms with E-state index in [0.717, 1.165) is 18.9 Å². The summed E-state index contributed by atoms with van der Waals surface area (Å²) in [6.45, 7) is 2.72. The standard InChI is InChI=1S/C21H20N4O2/c26-21(25-14-12-24(13-15-25)20-16-22-10-11-23-20)18-8-4-5-9-19(18)27-17-6-2-1-3-7-17/h1-11,16H,12-15H2. The highest BCUT2D eigenvalue weighted by Crippen LogP contribution is 2.26. The number of rotatable bonds is 4. The molecule has 4 rings (SSSR count). The molecule has 1 amide bonds. The average molecular weight is 360 g/mol. The van der Waals surface area contributed by atoms with Crippen LogP contribution in [0.3, 0.4) is 0 Å². The lowest BCUT2D eigenvalue weighted by Gasteiger charge is -2.35. The van der Waals surface area contributed by atoms with Gasteiger partial charge in [0.25, 0.3) is 5.91 Å². The lowest BCUT2D eigenvalue weighted by molar-refractivity contribution is 0.0744. The molecule has 0 N–H and O–H groups in total. The van der Waals surface area contributed by atoms with Crippen molar-refractivity contribution < 1.29 is 9.53 Å². The molecule has 6 nitrogen and oxygen atoms in total. The predicted octanol–water partition coefficient (Wildman–Crippen LogP) is 3.23. The molecule has 2 heterocycles. The third kappa shape index (κ3) is 3.89. The molecule has 1 saturated heterocycles. The number of amides is 1. The van der Waals surface area contributed by atoms with E-state index in [-0.39, 0.29) is 5.91 Å². The van der Waals surface area contributed by atoms with Crippen LogP contribution in [0.5, 0.6) is 11.5 Å². The quantitative estimate of drug-likeness (QED) is 0.715. The van der Waals surface area contributed by atoms with Crippen molar-refractivity contribution in [2.75, 3.05) is 31.1 Å². The van der Waals surface area contributed by atoms with Crippen LogP contribution < -0.4 is 9.64 Å². The monoisotopic (exact) mass is 360 g/mol. The van der Waals surface area contributed by atoms with Gasteiger partial charge >= 0.3 is 0 Å². The lowest BCUT2D eigenvalue weighted by Crippen LogP contribution is -2.49. The van der Waals surface area contributed by atoms with Crippen LogP contribution in [-0.4, -0.2) is 47.0 Å². The Kier molecular flexibility index (Phi) is 4.96. The van der Waals surface area contributed by atoms with Crippen LogP contribution in [0.4, 0.5) is 5.82 Å². The number of benzene rings is 2. The van der Waals surface area contributed by atoms with Crippen molar-refractivity contribution in [1.29, 1.82) is 0 Å². The van der Waals surface area contributed by atoms with Crippen molar-refractivity contribution in [2.45, 2.75) is 0 Å². The van der Waals surface area contributed by atoms with E-state index in [1.165, 1.54) is 0 Å². The number of carbonyl (C=O) groups is 1. The topological polar surface area (TPSA) is 58.6 Å². The Morgan fingerprint density at radius 2 is 1.63 bits per heavy atom. The van der Waals surface area contributed by atoms with Crippen LogP contribution in [0.15, 0.2) is 73.2 Å². The van der Waals surface area contributed by atoms with Crippen LogP contribution in [0, 0.1) is 0 Å². The zero-order chi connectivity index (χ0) is 18.5. The van der Waals surface area contributed by atoms with Gasteiger partial charge in [-0.25, -0.2) is 4.98 Å². The van der Waals surface area contributed by atoms with Crippen molar-refractivity contribution >= 4 is 11.7 Å². The molecule has 0 saturated carbocycles. The summed E-state index contributed by atoms with van der Waals surface area (Å²) in [7, 11) is 0. The predicted molar refractivity (Wildman–Crippen MR) is 103 cm³/mol. The molecule has 0 unspecified atom stereocenters. The smallest absolute Gasteiger partial charge is 0.257 e. The van der Waals surface area contributed by atoms with Crippen molar-refractivity contribution in [3.8, 4) is 11.5 Å². The molecule has 0 spiro atoms. The summed E-state index contributed by atoms with van der Waals surface area (Å²) in [5.74, 6) is 2.12. The van der Waals surface area contributed by atoms with Gasteiger partial charge < -0.3 is 14.5 Å². The molecular formula is C21H20N4O2. The normalized spacial score (nSPS) is 14.1. The fourth-order valence-electron chi connectivity index (χ4n) is 3.11. The van der Waals surface area contributed by atoms with E-state index < -0.39 is 0 Å². The van der Waals surface area contributed by atoms with E-state index in [0.29, 0.717) is 30.2 Å². The number of carbonyl (C=O) groups excluding carboxylic acids is 1. The van der Waals surface area contributed by atoms with E-state index in [1.54, 1.807) is 18.6 Å². The second kappa shape index (κ2) is 7.86. The minimum atomic E-state index is -0.0136. The molecular weight excluding hydrogens is 340 g/mol. The molecule has 0 atom stereocenters. The summed E-state index contributed by atoms with van der Waals surface area (Å²) in [5, 5.41) is 0. The molecule has 27 heavy (non-hydrogen) atoms. The number of piperazine rings is 1. The van der Waals surface area contributed by atoms with Gasteiger partial charge in [-0.15, -0.1) is 0 Å². The third-order valence-electron chi connectivity index (χ3n) is 4.53. The van der Waals surface area contributed by atoms with E-state index in [9.17, 15) is 4.79 Å². The number of anilines is 1. The fourth-order valence-corrected chi connectivity index (χ4v) is 3.11. The summed E-state index contributed by atoms with van der Waals surface area (Å²) in [6, 6.07) is 16.9. The minimum Gasteiger partial charge on any atom is -0.457 e. The second-order valence-electron chi connectivity index (χ2n) is 6.25. The zero-order valence-electron chi connectivity index (χ0n) is 14.9. The lowest BCUT2D eigenvalue weighted by atomic mass is 10.1.